The highest BCUT2D eigenvalue weighted by Crippen LogP contribution is 2.18. The van der Waals surface area contributed by atoms with Crippen LogP contribution < -0.4 is 16.6 Å². The van der Waals surface area contributed by atoms with Crippen LogP contribution in [0.25, 0.3) is 0 Å². The van der Waals surface area contributed by atoms with Gasteiger partial charge in [-0.2, -0.15) is 0 Å². The van der Waals surface area contributed by atoms with Crippen LogP contribution in [0.15, 0.2) is 48.5 Å². The minimum atomic E-state index is 0.755. The Hall–Kier alpha value is -2.00. The van der Waals surface area contributed by atoms with Crippen LogP contribution in [-0.2, 0) is 6.54 Å². The van der Waals surface area contributed by atoms with Crippen LogP contribution >= 0.6 is 0 Å². The van der Waals surface area contributed by atoms with Crippen molar-refractivity contribution < 1.29 is 0 Å². The first-order valence-electron chi connectivity index (χ1n) is 5.64. The summed E-state index contributed by atoms with van der Waals surface area (Å²) in [6.45, 7) is 2.78. The number of nitrogen functional groups attached to an aromatic ring is 1. The lowest BCUT2D eigenvalue weighted by molar-refractivity contribution is 0.802. The summed E-state index contributed by atoms with van der Waals surface area (Å²) in [7, 11) is 0. The third kappa shape index (κ3) is 3.23. The Balaban J connectivity index is 1.90. The van der Waals surface area contributed by atoms with Gasteiger partial charge in [0.15, 0.2) is 0 Å². The number of hydrazine groups is 1. The summed E-state index contributed by atoms with van der Waals surface area (Å²) < 4.78 is 0. The highest BCUT2D eigenvalue weighted by molar-refractivity contribution is 5.66. The fourth-order valence-electron chi connectivity index (χ4n) is 1.63. The zero-order valence-electron chi connectivity index (χ0n) is 9.90. The number of anilines is 2. The fourth-order valence-corrected chi connectivity index (χ4v) is 1.63. The predicted molar refractivity (Wildman–Crippen MR) is 72.5 cm³/mol. The Morgan fingerprint density at radius 2 is 1.82 bits per heavy atom. The van der Waals surface area contributed by atoms with E-state index < -0.39 is 0 Å². The molecule has 0 aliphatic rings. The quantitative estimate of drug-likeness (QED) is 0.556. The monoisotopic (exact) mass is 227 g/mol. The van der Waals surface area contributed by atoms with Crippen molar-refractivity contribution in [3.05, 3.63) is 59.7 Å². The third-order valence-corrected chi connectivity index (χ3v) is 2.57. The molecule has 0 saturated carbocycles. The van der Waals surface area contributed by atoms with Gasteiger partial charge in [-0.3, -0.25) is 0 Å². The van der Waals surface area contributed by atoms with Gasteiger partial charge in [-0.25, -0.2) is 5.43 Å². The molecular formula is C14H17N3. The molecule has 0 spiro atoms. The maximum atomic E-state index is 5.90. The number of hydrogen-bond acceptors (Lipinski definition) is 3. The molecule has 0 atom stereocenters. The van der Waals surface area contributed by atoms with E-state index in [0.717, 1.165) is 23.5 Å². The van der Waals surface area contributed by atoms with E-state index >= 15 is 0 Å². The molecule has 2 aromatic carbocycles. The molecule has 0 fully saturated rings. The van der Waals surface area contributed by atoms with Crippen molar-refractivity contribution in [1.29, 1.82) is 0 Å². The van der Waals surface area contributed by atoms with Gasteiger partial charge in [-0.15, -0.1) is 0 Å². The average Bonchev–Trinajstić information content (AvgIpc) is 2.33. The molecule has 0 bridgehead atoms. The Bertz CT molecular complexity index is 480. The Kier molecular flexibility index (Phi) is 3.62. The number of hydrogen-bond donors (Lipinski definition) is 3. The zero-order valence-corrected chi connectivity index (χ0v) is 9.90. The smallest absolute Gasteiger partial charge is 0.0718 e. The van der Waals surface area contributed by atoms with Crippen molar-refractivity contribution >= 4 is 11.4 Å². The van der Waals surface area contributed by atoms with Crippen LogP contribution in [0.4, 0.5) is 11.4 Å². The molecule has 2 aromatic rings. The van der Waals surface area contributed by atoms with E-state index in [1.54, 1.807) is 0 Å². The van der Waals surface area contributed by atoms with E-state index in [9.17, 15) is 0 Å². The molecule has 17 heavy (non-hydrogen) atoms. The van der Waals surface area contributed by atoms with Gasteiger partial charge in [-0.1, -0.05) is 36.4 Å². The van der Waals surface area contributed by atoms with E-state index in [2.05, 4.69) is 23.0 Å². The zero-order chi connectivity index (χ0) is 12.1. The molecule has 4 N–H and O–H groups in total. The molecule has 0 unspecified atom stereocenters. The van der Waals surface area contributed by atoms with Crippen LogP contribution in [0.5, 0.6) is 0 Å². The van der Waals surface area contributed by atoms with Crippen LogP contribution in [0.2, 0.25) is 0 Å². The summed E-state index contributed by atoms with van der Waals surface area (Å²) in [5.74, 6) is 0. The topological polar surface area (TPSA) is 50.1 Å². The van der Waals surface area contributed by atoms with Crippen molar-refractivity contribution in [1.82, 2.24) is 5.43 Å². The second kappa shape index (κ2) is 5.37. The average molecular weight is 227 g/mol. The summed E-state index contributed by atoms with van der Waals surface area (Å²) in [5.41, 5.74) is 16.2. The molecule has 0 amide bonds. The Morgan fingerprint density at radius 1 is 1.06 bits per heavy atom. The highest BCUT2D eigenvalue weighted by atomic mass is 15.4. The second-order valence-corrected chi connectivity index (χ2v) is 4.05. The third-order valence-electron chi connectivity index (χ3n) is 2.57. The van der Waals surface area contributed by atoms with Gasteiger partial charge < -0.3 is 11.2 Å². The van der Waals surface area contributed by atoms with E-state index in [1.165, 1.54) is 5.56 Å². The molecule has 0 aliphatic carbocycles. The summed E-state index contributed by atoms with van der Waals surface area (Å²) in [6, 6.07) is 16.2. The van der Waals surface area contributed by atoms with E-state index in [-0.39, 0.29) is 0 Å². The maximum Gasteiger partial charge on any atom is 0.0718 e. The predicted octanol–water partition coefficient (Wildman–Crippen LogP) is 2.69. The van der Waals surface area contributed by atoms with Crippen molar-refractivity contribution in [2.45, 2.75) is 13.5 Å². The van der Waals surface area contributed by atoms with Gasteiger partial charge in [0.1, 0.15) is 0 Å². The van der Waals surface area contributed by atoms with Crippen molar-refractivity contribution in [2.24, 2.45) is 0 Å². The van der Waals surface area contributed by atoms with Gasteiger partial charge in [0.25, 0.3) is 0 Å². The lowest BCUT2D eigenvalue weighted by Gasteiger charge is -2.11. The fraction of sp³-hybridized carbons (Fsp3) is 0.143. The molecule has 0 radical (unpaired) electrons. The minimum absolute atomic E-state index is 0.755. The lowest BCUT2D eigenvalue weighted by atomic mass is 10.2. The summed E-state index contributed by atoms with van der Waals surface area (Å²) in [6.07, 6.45) is 0. The number of benzene rings is 2. The number of nitrogens with two attached hydrogens (primary N) is 1. The first kappa shape index (κ1) is 11.5. The molecule has 3 heteroatoms. The van der Waals surface area contributed by atoms with Gasteiger partial charge >= 0.3 is 0 Å². The van der Waals surface area contributed by atoms with Crippen molar-refractivity contribution in [3.8, 4) is 0 Å². The van der Waals surface area contributed by atoms with E-state index in [4.69, 9.17) is 5.73 Å². The molecule has 0 aliphatic heterocycles. The van der Waals surface area contributed by atoms with Crippen molar-refractivity contribution in [3.63, 3.8) is 0 Å². The SMILES string of the molecule is Cc1ccc(NNCc2ccccc2)c(N)c1. The van der Waals surface area contributed by atoms with Gasteiger partial charge in [-0.05, 0) is 30.2 Å². The van der Waals surface area contributed by atoms with Gasteiger partial charge in [0, 0.05) is 6.54 Å². The molecule has 88 valence electrons. The maximum absolute atomic E-state index is 5.90. The summed E-state index contributed by atoms with van der Waals surface area (Å²) in [4.78, 5) is 0. The van der Waals surface area contributed by atoms with Crippen LogP contribution in [0, 0.1) is 6.92 Å². The standard InChI is InChI=1S/C14H17N3/c1-11-7-8-14(13(15)9-11)17-16-10-12-5-3-2-4-6-12/h2-9,16-17H,10,15H2,1H3. The summed E-state index contributed by atoms with van der Waals surface area (Å²) >= 11 is 0. The molecule has 0 heterocycles. The molecule has 0 saturated heterocycles. The Morgan fingerprint density at radius 3 is 2.53 bits per heavy atom. The van der Waals surface area contributed by atoms with E-state index in [0.29, 0.717) is 0 Å². The second-order valence-electron chi connectivity index (χ2n) is 4.05. The summed E-state index contributed by atoms with van der Waals surface area (Å²) in [5, 5.41) is 0. The first-order valence-corrected chi connectivity index (χ1v) is 5.64. The molecule has 0 aromatic heterocycles. The van der Waals surface area contributed by atoms with E-state index in [1.807, 2.05) is 43.3 Å². The van der Waals surface area contributed by atoms with Gasteiger partial charge in [0.2, 0.25) is 0 Å². The number of rotatable bonds is 4. The van der Waals surface area contributed by atoms with Crippen LogP contribution in [0.1, 0.15) is 11.1 Å². The molecule has 3 nitrogen and oxygen atoms in total. The van der Waals surface area contributed by atoms with Crippen molar-refractivity contribution in [2.75, 3.05) is 11.2 Å². The largest absolute Gasteiger partial charge is 0.397 e. The number of nitrogens with one attached hydrogen (secondary N) is 2. The van der Waals surface area contributed by atoms with Gasteiger partial charge in [0.05, 0.1) is 11.4 Å². The van der Waals surface area contributed by atoms with Crippen LogP contribution in [-0.4, -0.2) is 0 Å². The first-order chi connectivity index (χ1) is 8.25. The normalized spacial score (nSPS) is 10.2. The van der Waals surface area contributed by atoms with Crippen LogP contribution in [0.3, 0.4) is 0 Å². The molecule has 2 rings (SSSR count). The number of aryl methyl sites for hydroxylation is 1. The lowest BCUT2D eigenvalue weighted by Crippen LogP contribution is -2.21. The highest BCUT2D eigenvalue weighted by Gasteiger charge is 1.97. The Labute approximate surface area is 102 Å². The molecular weight excluding hydrogens is 210 g/mol. The minimum Gasteiger partial charge on any atom is -0.397 e.